The van der Waals surface area contributed by atoms with Crippen molar-refractivity contribution in [1.82, 2.24) is 15.1 Å². The minimum atomic E-state index is -0.951. The van der Waals surface area contributed by atoms with Crippen LogP contribution in [0.15, 0.2) is 54.6 Å². The molecular weight excluding hydrogens is 490 g/mol. The molecule has 0 radical (unpaired) electrons. The summed E-state index contributed by atoms with van der Waals surface area (Å²) < 4.78 is 15.7. The monoisotopic (exact) mass is 523 g/mol. The molecule has 2 aliphatic rings. The number of likely N-dealkylation sites (tertiary alicyclic amines) is 2. The quantitative estimate of drug-likeness (QED) is 0.528. The Morgan fingerprint density at radius 1 is 0.895 bits per heavy atom. The molecule has 3 amide bonds. The molecule has 2 aliphatic heterocycles. The van der Waals surface area contributed by atoms with E-state index in [9.17, 15) is 19.2 Å². The van der Waals surface area contributed by atoms with E-state index in [1.807, 2.05) is 30.3 Å². The predicted molar refractivity (Wildman–Crippen MR) is 137 cm³/mol. The van der Waals surface area contributed by atoms with Gasteiger partial charge in [0, 0.05) is 26.1 Å². The van der Waals surface area contributed by atoms with Gasteiger partial charge in [0.25, 0.3) is 0 Å². The van der Waals surface area contributed by atoms with Gasteiger partial charge in [-0.2, -0.15) is 0 Å². The molecule has 2 heterocycles. The standard InChI is InChI=1S/C28H33N3O7/c1-36-26(33)23(18-20-11-13-22(14-12-20)38-27(34)30-15-5-6-16-30)29-25(32)24-10-7-17-31(24)28(35)37-19-21-8-3-2-4-9-21/h2-4,8-9,11-14,23-24H,5-7,10,15-19H2,1H3,(H,29,32)/t23-,24-/m0/s1. The summed E-state index contributed by atoms with van der Waals surface area (Å²) in [4.78, 5) is 53.6. The zero-order valence-corrected chi connectivity index (χ0v) is 21.5. The Morgan fingerprint density at radius 3 is 2.29 bits per heavy atom. The molecule has 4 rings (SSSR count). The van der Waals surface area contributed by atoms with Crippen LogP contribution in [0.25, 0.3) is 0 Å². The van der Waals surface area contributed by atoms with Crippen molar-refractivity contribution in [1.29, 1.82) is 0 Å². The van der Waals surface area contributed by atoms with Gasteiger partial charge in [0.1, 0.15) is 24.4 Å². The van der Waals surface area contributed by atoms with Crippen LogP contribution in [0.3, 0.4) is 0 Å². The molecule has 1 N–H and O–H groups in total. The van der Waals surface area contributed by atoms with Crippen LogP contribution in [0.4, 0.5) is 9.59 Å². The van der Waals surface area contributed by atoms with Crippen LogP contribution >= 0.6 is 0 Å². The first-order chi connectivity index (χ1) is 18.4. The molecule has 0 saturated carbocycles. The van der Waals surface area contributed by atoms with E-state index in [1.165, 1.54) is 12.0 Å². The molecule has 0 bridgehead atoms. The Hall–Kier alpha value is -4.08. The number of carbonyl (C=O) groups excluding carboxylic acids is 4. The first-order valence-corrected chi connectivity index (χ1v) is 12.9. The number of hydrogen-bond acceptors (Lipinski definition) is 7. The van der Waals surface area contributed by atoms with Crippen molar-refractivity contribution >= 4 is 24.1 Å². The van der Waals surface area contributed by atoms with Crippen LogP contribution < -0.4 is 10.1 Å². The zero-order valence-electron chi connectivity index (χ0n) is 21.5. The number of amides is 3. The van der Waals surface area contributed by atoms with Crippen molar-refractivity contribution in [2.75, 3.05) is 26.7 Å². The average molecular weight is 524 g/mol. The Balaban J connectivity index is 1.33. The lowest BCUT2D eigenvalue weighted by atomic mass is 10.0. The molecule has 0 aliphatic carbocycles. The maximum absolute atomic E-state index is 13.1. The lowest BCUT2D eigenvalue weighted by Gasteiger charge is -2.25. The molecule has 10 heteroatoms. The SMILES string of the molecule is COC(=O)[C@H](Cc1ccc(OC(=O)N2CCCC2)cc1)NC(=O)[C@@H]1CCCN1C(=O)OCc1ccccc1. The number of carbonyl (C=O) groups is 4. The molecule has 0 aromatic heterocycles. The third kappa shape index (κ3) is 7.02. The second kappa shape index (κ2) is 12.9. The van der Waals surface area contributed by atoms with E-state index < -0.39 is 30.1 Å². The molecule has 2 atom stereocenters. The summed E-state index contributed by atoms with van der Waals surface area (Å²) in [6.45, 7) is 1.89. The number of nitrogens with zero attached hydrogens (tertiary/aromatic N) is 2. The van der Waals surface area contributed by atoms with E-state index in [-0.39, 0.29) is 19.1 Å². The minimum Gasteiger partial charge on any atom is -0.467 e. The predicted octanol–water partition coefficient (Wildman–Crippen LogP) is 3.28. The first-order valence-electron chi connectivity index (χ1n) is 12.9. The molecule has 10 nitrogen and oxygen atoms in total. The molecule has 2 saturated heterocycles. The number of ether oxygens (including phenoxy) is 3. The van der Waals surface area contributed by atoms with Gasteiger partial charge in [-0.1, -0.05) is 42.5 Å². The third-order valence-corrected chi connectivity index (χ3v) is 6.73. The van der Waals surface area contributed by atoms with Gasteiger partial charge in [-0.05, 0) is 48.9 Å². The highest BCUT2D eigenvalue weighted by molar-refractivity contribution is 5.90. The number of rotatable bonds is 8. The molecule has 2 aromatic carbocycles. The smallest absolute Gasteiger partial charge is 0.415 e. The topological polar surface area (TPSA) is 114 Å². The molecule has 38 heavy (non-hydrogen) atoms. The molecule has 202 valence electrons. The van der Waals surface area contributed by atoms with E-state index in [0.717, 1.165) is 24.0 Å². The number of esters is 1. The van der Waals surface area contributed by atoms with E-state index in [2.05, 4.69) is 5.32 Å². The van der Waals surface area contributed by atoms with E-state index in [4.69, 9.17) is 14.2 Å². The summed E-state index contributed by atoms with van der Waals surface area (Å²) in [6, 6.07) is 14.4. The Labute approximate surface area is 221 Å². The highest BCUT2D eigenvalue weighted by atomic mass is 16.6. The summed E-state index contributed by atoms with van der Waals surface area (Å²) >= 11 is 0. The molecule has 0 spiro atoms. The summed E-state index contributed by atoms with van der Waals surface area (Å²) in [5.41, 5.74) is 1.59. The number of benzene rings is 2. The average Bonchev–Trinajstić information content (AvgIpc) is 3.65. The largest absolute Gasteiger partial charge is 0.467 e. The fraction of sp³-hybridized carbons (Fsp3) is 0.429. The van der Waals surface area contributed by atoms with Gasteiger partial charge in [0.05, 0.1) is 7.11 Å². The normalized spacial score (nSPS) is 17.6. The van der Waals surface area contributed by atoms with Gasteiger partial charge in [-0.3, -0.25) is 9.69 Å². The summed E-state index contributed by atoms with van der Waals surface area (Å²) in [7, 11) is 1.26. The Kier molecular flexibility index (Phi) is 9.18. The van der Waals surface area contributed by atoms with Gasteiger partial charge in [-0.15, -0.1) is 0 Å². The fourth-order valence-electron chi connectivity index (χ4n) is 4.66. The van der Waals surface area contributed by atoms with Crippen molar-refractivity contribution in [3.8, 4) is 5.75 Å². The highest BCUT2D eigenvalue weighted by Crippen LogP contribution is 2.21. The van der Waals surface area contributed by atoms with Crippen LogP contribution in [0.2, 0.25) is 0 Å². The van der Waals surface area contributed by atoms with Crippen LogP contribution in [0.5, 0.6) is 5.75 Å². The summed E-state index contributed by atoms with van der Waals surface area (Å²) in [5.74, 6) is -0.635. The third-order valence-electron chi connectivity index (χ3n) is 6.73. The highest BCUT2D eigenvalue weighted by Gasteiger charge is 2.37. The zero-order chi connectivity index (χ0) is 26.9. The maximum Gasteiger partial charge on any atom is 0.415 e. The van der Waals surface area contributed by atoms with Crippen LogP contribution in [0.1, 0.15) is 36.8 Å². The number of nitrogens with one attached hydrogen (secondary N) is 1. The van der Waals surface area contributed by atoms with Gasteiger partial charge >= 0.3 is 18.2 Å². The lowest BCUT2D eigenvalue weighted by Crippen LogP contribution is -2.51. The lowest BCUT2D eigenvalue weighted by molar-refractivity contribution is -0.145. The van der Waals surface area contributed by atoms with Crippen molar-refractivity contribution in [3.63, 3.8) is 0 Å². The van der Waals surface area contributed by atoms with Crippen molar-refractivity contribution in [2.24, 2.45) is 0 Å². The van der Waals surface area contributed by atoms with Gasteiger partial charge in [0.2, 0.25) is 5.91 Å². The van der Waals surface area contributed by atoms with Crippen LogP contribution in [-0.2, 0) is 32.1 Å². The van der Waals surface area contributed by atoms with E-state index >= 15 is 0 Å². The van der Waals surface area contributed by atoms with Crippen LogP contribution in [0, 0.1) is 0 Å². The molecule has 2 aromatic rings. The first kappa shape index (κ1) is 27.0. The molecule has 0 unspecified atom stereocenters. The second-order valence-electron chi connectivity index (χ2n) is 9.39. The fourth-order valence-corrected chi connectivity index (χ4v) is 4.66. The van der Waals surface area contributed by atoms with Crippen LogP contribution in [-0.4, -0.2) is 72.7 Å². The maximum atomic E-state index is 13.1. The summed E-state index contributed by atoms with van der Waals surface area (Å²) in [5, 5.41) is 2.75. The Bertz CT molecular complexity index is 1120. The van der Waals surface area contributed by atoms with E-state index in [0.29, 0.717) is 38.2 Å². The van der Waals surface area contributed by atoms with Gasteiger partial charge in [0.15, 0.2) is 0 Å². The number of methoxy groups -OCH3 is 1. The van der Waals surface area contributed by atoms with Gasteiger partial charge < -0.3 is 24.4 Å². The second-order valence-corrected chi connectivity index (χ2v) is 9.39. The molecular formula is C28H33N3O7. The van der Waals surface area contributed by atoms with Crippen molar-refractivity contribution in [3.05, 3.63) is 65.7 Å². The van der Waals surface area contributed by atoms with Gasteiger partial charge in [-0.25, -0.2) is 14.4 Å². The van der Waals surface area contributed by atoms with Crippen molar-refractivity contribution in [2.45, 2.75) is 50.8 Å². The van der Waals surface area contributed by atoms with Crippen molar-refractivity contribution < 1.29 is 33.4 Å². The summed E-state index contributed by atoms with van der Waals surface area (Å²) in [6.07, 6.45) is 2.29. The number of hydrogen-bond donors (Lipinski definition) is 1. The Morgan fingerprint density at radius 2 is 1.61 bits per heavy atom. The minimum absolute atomic E-state index is 0.110. The molecule has 2 fully saturated rings. The van der Waals surface area contributed by atoms with E-state index in [1.54, 1.807) is 29.2 Å².